The summed E-state index contributed by atoms with van der Waals surface area (Å²) in [5, 5.41) is 3.24. The third-order valence-corrected chi connectivity index (χ3v) is 13.7. The number of hydrogen-bond donors (Lipinski definition) is 1. The molecule has 0 unspecified atom stereocenters. The van der Waals surface area contributed by atoms with Crippen molar-refractivity contribution in [1.29, 1.82) is 0 Å². The molecule has 1 amide bonds. The van der Waals surface area contributed by atoms with Crippen LogP contribution in [0.2, 0.25) is 0 Å². The maximum Gasteiger partial charge on any atom is 0.338 e. The molecule has 0 bridgehead atoms. The molecule has 7 aromatic carbocycles. The topological polar surface area (TPSA) is 130 Å². The van der Waals surface area contributed by atoms with Gasteiger partial charge in [-0.1, -0.05) is 165 Å². The maximum absolute atomic E-state index is 15.3. The summed E-state index contributed by atoms with van der Waals surface area (Å²) < 4.78 is 31.5. The van der Waals surface area contributed by atoms with Gasteiger partial charge in [-0.15, -0.1) is 0 Å². The smallest absolute Gasteiger partial charge is 0.338 e. The van der Waals surface area contributed by atoms with Crippen LogP contribution in [0.5, 0.6) is 17.2 Å². The Labute approximate surface area is 433 Å². The van der Waals surface area contributed by atoms with E-state index in [9.17, 15) is 14.4 Å². The molecule has 2 fully saturated rings. The van der Waals surface area contributed by atoms with Crippen molar-refractivity contribution in [2.75, 3.05) is 13.1 Å². The zero-order chi connectivity index (χ0) is 50.9. The first-order chi connectivity index (χ1) is 36.3. The van der Waals surface area contributed by atoms with Gasteiger partial charge in [-0.05, 0) is 96.4 Å². The maximum atomic E-state index is 15.3. The lowest BCUT2D eigenvalue weighted by Crippen LogP contribution is -2.50. The van der Waals surface area contributed by atoms with E-state index in [-0.39, 0.29) is 54.1 Å². The summed E-state index contributed by atoms with van der Waals surface area (Å²) in [7, 11) is 0. The molecule has 0 spiro atoms. The lowest BCUT2D eigenvalue weighted by molar-refractivity contribution is -0.152. The zero-order valence-electron chi connectivity index (χ0n) is 41.5. The minimum Gasteiger partial charge on any atom is -0.489 e. The zero-order valence-corrected chi connectivity index (χ0v) is 41.5. The number of hydrogen-bond acceptors (Lipinski definition) is 10. The van der Waals surface area contributed by atoms with Crippen LogP contribution in [0.15, 0.2) is 188 Å². The fraction of sp³-hybridized carbons (Fsp3) is 0.270. The SMILES string of the molecule is O=C(N[C@@H]1CN(Cc2ccccc2)CCC[C@H]1OC(=O)c1cc(OCc2ccccc2)c(C(=O)[C@@H]2CCCC[C@H]2C(=O)OCc2ccccc2)c(OCc2ccccc2)c1)c1ccc(OCc2ccccc2)cc1. The van der Waals surface area contributed by atoms with Gasteiger partial charge in [-0.2, -0.15) is 0 Å². The van der Waals surface area contributed by atoms with Gasteiger partial charge < -0.3 is 29.0 Å². The summed E-state index contributed by atoms with van der Waals surface area (Å²) in [6.45, 7) is 2.44. The Morgan fingerprint density at radius 1 is 0.500 bits per heavy atom. The number of Topliss-reactive ketones (excluding diaryl/α,β-unsaturated/α-hetero) is 1. The number of carbonyl (C=O) groups is 4. The molecule has 4 atom stereocenters. The van der Waals surface area contributed by atoms with Gasteiger partial charge in [0.15, 0.2) is 5.78 Å². The molecular weight excluding hydrogens is 929 g/mol. The van der Waals surface area contributed by atoms with E-state index in [4.69, 9.17) is 23.7 Å². The number of rotatable bonds is 20. The van der Waals surface area contributed by atoms with Gasteiger partial charge in [-0.25, -0.2) is 4.79 Å². The van der Waals surface area contributed by atoms with Crippen molar-refractivity contribution in [3.63, 3.8) is 0 Å². The quantitative estimate of drug-likeness (QED) is 0.0582. The first kappa shape index (κ1) is 50.9. The Hall–Kier alpha value is -8.02. The third-order valence-electron chi connectivity index (χ3n) is 13.7. The molecule has 9 rings (SSSR count). The molecular formula is C63H62N2O9. The van der Waals surface area contributed by atoms with E-state index in [1.807, 2.05) is 140 Å². The van der Waals surface area contributed by atoms with Crippen molar-refractivity contribution in [2.24, 2.45) is 11.8 Å². The Morgan fingerprint density at radius 3 is 1.53 bits per heavy atom. The van der Waals surface area contributed by atoms with Crippen molar-refractivity contribution >= 4 is 23.6 Å². The fourth-order valence-corrected chi connectivity index (χ4v) is 9.77. The second-order valence-electron chi connectivity index (χ2n) is 19.0. The molecule has 0 aromatic heterocycles. The van der Waals surface area contributed by atoms with Gasteiger partial charge in [0.2, 0.25) is 0 Å². The third kappa shape index (κ3) is 13.9. The predicted molar refractivity (Wildman–Crippen MR) is 283 cm³/mol. The van der Waals surface area contributed by atoms with Gasteiger partial charge in [0.1, 0.15) is 55.3 Å². The second-order valence-corrected chi connectivity index (χ2v) is 19.0. The largest absolute Gasteiger partial charge is 0.489 e. The molecule has 1 N–H and O–H groups in total. The van der Waals surface area contributed by atoms with Crippen LogP contribution in [0, 0.1) is 11.8 Å². The number of esters is 2. The van der Waals surface area contributed by atoms with Gasteiger partial charge in [-0.3, -0.25) is 19.3 Å². The first-order valence-corrected chi connectivity index (χ1v) is 25.6. The van der Waals surface area contributed by atoms with Gasteiger partial charge >= 0.3 is 11.9 Å². The van der Waals surface area contributed by atoms with Crippen LogP contribution in [0.25, 0.3) is 0 Å². The van der Waals surface area contributed by atoms with E-state index in [0.29, 0.717) is 56.7 Å². The molecule has 378 valence electrons. The number of likely N-dealkylation sites (tertiary alicyclic amines) is 1. The first-order valence-electron chi connectivity index (χ1n) is 25.6. The van der Waals surface area contributed by atoms with Crippen LogP contribution in [-0.2, 0) is 47.2 Å². The second kappa shape index (κ2) is 25.6. The molecule has 1 aliphatic heterocycles. The Bertz CT molecular complexity index is 2860. The van der Waals surface area contributed by atoms with Crippen molar-refractivity contribution in [3.8, 4) is 17.2 Å². The van der Waals surface area contributed by atoms with E-state index in [1.165, 1.54) is 0 Å². The number of amides is 1. The van der Waals surface area contributed by atoms with Gasteiger partial charge in [0.25, 0.3) is 5.91 Å². The monoisotopic (exact) mass is 990 g/mol. The molecule has 7 aromatic rings. The van der Waals surface area contributed by atoms with Crippen LogP contribution in [0.3, 0.4) is 0 Å². The van der Waals surface area contributed by atoms with Gasteiger partial charge in [0.05, 0.1) is 17.5 Å². The molecule has 1 heterocycles. The highest BCUT2D eigenvalue weighted by Gasteiger charge is 2.40. The molecule has 1 saturated carbocycles. The number of ketones is 1. The summed E-state index contributed by atoms with van der Waals surface area (Å²) in [6, 6.07) is 58.1. The molecule has 0 radical (unpaired) electrons. The average Bonchev–Trinajstić information content (AvgIpc) is 3.64. The highest BCUT2D eigenvalue weighted by Crippen LogP contribution is 2.41. The van der Waals surface area contributed by atoms with Crippen LogP contribution in [0.1, 0.15) is 97.4 Å². The summed E-state index contributed by atoms with van der Waals surface area (Å²) in [5.74, 6) is -2.25. The summed E-state index contributed by atoms with van der Waals surface area (Å²) >= 11 is 0. The van der Waals surface area contributed by atoms with Crippen LogP contribution in [0.4, 0.5) is 0 Å². The number of carbonyl (C=O) groups excluding carboxylic acids is 4. The van der Waals surface area contributed by atoms with E-state index in [0.717, 1.165) is 47.2 Å². The van der Waals surface area contributed by atoms with Gasteiger partial charge in [0, 0.05) is 24.6 Å². The summed E-state index contributed by atoms with van der Waals surface area (Å²) in [4.78, 5) is 60.5. The normalized spacial score (nSPS) is 17.7. The highest BCUT2D eigenvalue weighted by molar-refractivity contribution is 6.06. The number of ether oxygens (including phenoxy) is 5. The number of nitrogens with one attached hydrogen (secondary N) is 1. The molecule has 1 saturated heterocycles. The highest BCUT2D eigenvalue weighted by atomic mass is 16.5. The average molecular weight is 991 g/mol. The Morgan fingerprint density at radius 2 is 0.986 bits per heavy atom. The summed E-state index contributed by atoms with van der Waals surface area (Å²) in [5.41, 5.74) is 5.40. The number of nitrogens with zero attached hydrogens (tertiary/aromatic N) is 1. The fourth-order valence-electron chi connectivity index (χ4n) is 9.77. The molecule has 1 aliphatic carbocycles. The minimum absolute atomic E-state index is 0.0824. The molecule has 11 nitrogen and oxygen atoms in total. The van der Waals surface area contributed by atoms with Crippen molar-refractivity contribution in [1.82, 2.24) is 10.2 Å². The van der Waals surface area contributed by atoms with Crippen LogP contribution < -0.4 is 19.5 Å². The van der Waals surface area contributed by atoms with Crippen LogP contribution in [-0.4, -0.2) is 53.8 Å². The number of benzene rings is 7. The lowest BCUT2D eigenvalue weighted by Gasteiger charge is -2.30. The standard InChI is InChI=1S/C63H62N2O9/c66-60(53-29-16-17-30-54(53)63(69)73-44-49-27-14-5-15-28-49)59-57(71-42-47-23-10-3-11-24-47)37-51(38-58(59)72-43-48-25-12-4-13-26-48)62(68)74-56-31-18-36-65(39-45-19-6-1-7-20-45)40-55(56)64-61(67)50-32-34-52(35-33-50)70-41-46-21-8-2-9-22-46/h1-15,19-28,32-35,37-38,53-56H,16-18,29-31,36,39-44H2,(H,64,67)/t53-,54-,55-,56-/m1/s1. The Kier molecular flexibility index (Phi) is 17.6. The van der Waals surface area contributed by atoms with E-state index >= 15 is 4.79 Å². The van der Waals surface area contributed by atoms with E-state index < -0.39 is 35.9 Å². The van der Waals surface area contributed by atoms with Crippen molar-refractivity contribution < 1.29 is 42.9 Å². The van der Waals surface area contributed by atoms with Crippen LogP contribution >= 0.6 is 0 Å². The minimum atomic E-state index is -0.728. The molecule has 2 aliphatic rings. The van der Waals surface area contributed by atoms with Crippen molar-refractivity contribution in [2.45, 2.75) is 83.6 Å². The Balaban J connectivity index is 1.01. The molecule has 11 heteroatoms. The predicted octanol–water partition coefficient (Wildman–Crippen LogP) is 11.8. The van der Waals surface area contributed by atoms with E-state index in [1.54, 1.807) is 36.4 Å². The molecule has 74 heavy (non-hydrogen) atoms. The van der Waals surface area contributed by atoms with Crippen molar-refractivity contribution in [3.05, 3.63) is 233 Å². The lowest BCUT2D eigenvalue weighted by atomic mass is 9.75. The van der Waals surface area contributed by atoms with E-state index in [2.05, 4.69) is 22.3 Å². The summed E-state index contributed by atoms with van der Waals surface area (Å²) in [6.07, 6.45) is 2.93.